The van der Waals surface area contributed by atoms with Gasteiger partial charge in [0, 0.05) is 15.6 Å². The van der Waals surface area contributed by atoms with Gasteiger partial charge in [-0.05, 0) is 43.7 Å². The van der Waals surface area contributed by atoms with E-state index in [1.54, 1.807) is 0 Å². The van der Waals surface area contributed by atoms with Gasteiger partial charge >= 0.3 is 0 Å². The summed E-state index contributed by atoms with van der Waals surface area (Å²) >= 11 is 7.48. The number of hydrogen-bond donors (Lipinski definition) is 1. The second-order valence-corrected chi connectivity index (χ2v) is 5.47. The van der Waals surface area contributed by atoms with Crippen LogP contribution < -0.4 is 5.32 Å². The zero-order chi connectivity index (χ0) is 12.4. The molecule has 1 aromatic carbocycles. The number of benzene rings is 1. The standard InChI is InChI=1S/C13H12ClNOS/c1-8-6-7-12(17-8)13(16)15-11-5-3-4-10(14)9(11)2/h3-7H,1-2H3,(H,15,16). The lowest BCUT2D eigenvalue weighted by atomic mass is 10.2. The van der Waals surface area contributed by atoms with Crippen LogP contribution in [0.5, 0.6) is 0 Å². The van der Waals surface area contributed by atoms with E-state index >= 15 is 0 Å². The van der Waals surface area contributed by atoms with E-state index in [1.807, 2.05) is 44.2 Å². The van der Waals surface area contributed by atoms with E-state index in [4.69, 9.17) is 11.6 Å². The summed E-state index contributed by atoms with van der Waals surface area (Å²) in [7, 11) is 0. The van der Waals surface area contributed by atoms with E-state index in [9.17, 15) is 4.79 Å². The maximum Gasteiger partial charge on any atom is 0.265 e. The van der Waals surface area contributed by atoms with Crippen LogP contribution in [0.25, 0.3) is 0 Å². The van der Waals surface area contributed by atoms with Gasteiger partial charge in [-0.1, -0.05) is 17.7 Å². The third-order valence-corrected chi connectivity index (χ3v) is 3.89. The smallest absolute Gasteiger partial charge is 0.265 e. The molecule has 4 heteroatoms. The molecule has 88 valence electrons. The van der Waals surface area contributed by atoms with Crippen LogP contribution in [0.3, 0.4) is 0 Å². The van der Waals surface area contributed by atoms with Gasteiger partial charge in [-0.25, -0.2) is 0 Å². The Labute approximate surface area is 109 Å². The number of aryl methyl sites for hydroxylation is 1. The van der Waals surface area contributed by atoms with Crippen molar-refractivity contribution in [2.45, 2.75) is 13.8 Å². The number of anilines is 1. The number of thiophene rings is 1. The van der Waals surface area contributed by atoms with Crippen molar-refractivity contribution in [2.75, 3.05) is 5.32 Å². The lowest BCUT2D eigenvalue weighted by molar-refractivity contribution is 0.103. The lowest BCUT2D eigenvalue weighted by Gasteiger charge is -2.08. The Morgan fingerprint density at radius 3 is 2.65 bits per heavy atom. The molecule has 0 bridgehead atoms. The molecule has 0 unspecified atom stereocenters. The average Bonchev–Trinajstić information content (AvgIpc) is 2.72. The van der Waals surface area contributed by atoms with Crippen molar-refractivity contribution < 1.29 is 4.79 Å². The molecule has 1 aromatic heterocycles. The number of carbonyl (C=O) groups is 1. The molecule has 1 amide bonds. The molecule has 17 heavy (non-hydrogen) atoms. The van der Waals surface area contributed by atoms with Crippen molar-refractivity contribution in [1.29, 1.82) is 0 Å². The first kappa shape index (κ1) is 12.1. The van der Waals surface area contributed by atoms with Crippen molar-refractivity contribution in [1.82, 2.24) is 0 Å². The number of halogens is 1. The molecule has 0 spiro atoms. The molecular formula is C13H12ClNOS. The van der Waals surface area contributed by atoms with E-state index in [1.165, 1.54) is 11.3 Å². The summed E-state index contributed by atoms with van der Waals surface area (Å²) in [6, 6.07) is 9.24. The molecule has 1 heterocycles. The normalized spacial score (nSPS) is 10.3. The summed E-state index contributed by atoms with van der Waals surface area (Å²) in [4.78, 5) is 13.8. The van der Waals surface area contributed by atoms with E-state index in [-0.39, 0.29) is 5.91 Å². The SMILES string of the molecule is Cc1ccc(C(=O)Nc2cccc(Cl)c2C)s1. The van der Waals surface area contributed by atoms with E-state index < -0.39 is 0 Å². The molecule has 1 N–H and O–H groups in total. The minimum Gasteiger partial charge on any atom is -0.321 e. The van der Waals surface area contributed by atoms with Gasteiger partial charge in [-0.15, -0.1) is 11.3 Å². The molecule has 2 rings (SSSR count). The van der Waals surface area contributed by atoms with Crippen molar-refractivity contribution in [3.8, 4) is 0 Å². The van der Waals surface area contributed by atoms with Gasteiger partial charge in [0.05, 0.1) is 4.88 Å². The van der Waals surface area contributed by atoms with Gasteiger partial charge in [-0.3, -0.25) is 4.79 Å². The van der Waals surface area contributed by atoms with Gasteiger partial charge in [0.2, 0.25) is 0 Å². The largest absolute Gasteiger partial charge is 0.321 e. The Balaban J connectivity index is 2.21. The van der Waals surface area contributed by atoms with Crippen LogP contribution in [0.1, 0.15) is 20.1 Å². The van der Waals surface area contributed by atoms with Crippen LogP contribution >= 0.6 is 22.9 Å². The molecule has 0 aliphatic rings. The topological polar surface area (TPSA) is 29.1 Å². The van der Waals surface area contributed by atoms with Gasteiger partial charge < -0.3 is 5.32 Å². The Morgan fingerprint density at radius 2 is 2.00 bits per heavy atom. The molecule has 0 fully saturated rings. The zero-order valence-corrected chi connectivity index (χ0v) is 11.2. The van der Waals surface area contributed by atoms with E-state index in [0.29, 0.717) is 9.90 Å². The molecule has 0 radical (unpaired) electrons. The predicted octanol–water partition coefficient (Wildman–Crippen LogP) is 4.27. The van der Waals surface area contributed by atoms with Crippen LogP contribution in [0.2, 0.25) is 5.02 Å². The lowest BCUT2D eigenvalue weighted by Crippen LogP contribution is -2.11. The van der Waals surface area contributed by atoms with Gasteiger partial charge in [-0.2, -0.15) is 0 Å². The minimum atomic E-state index is -0.0894. The monoisotopic (exact) mass is 265 g/mol. The summed E-state index contributed by atoms with van der Waals surface area (Å²) in [5, 5.41) is 3.53. The summed E-state index contributed by atoms with van der Waals surface area (Å²) in [5.74, 6) is -0.0894. The fraction of sp³-hybridized carbons (Fsp3) is 0.154. The van der Waals surface area contributed by atoms with Crippen LogP contribution in [-0.2, 0) is 0 Å². The number of carbonyl (C=O) groups excluding carboxylic acids is 1. The first-order valence-corrected chi connectivity index (χ1v) is 6.40. The molecule has 0 saturated carbocycles. The summed E-state index contributed by atoms with van der Waals surface area (Å²) in [5.41, 5.74) is 1.64. The second kappa shape index (κ2) is 4.90. The quantitative estimate of drug-likeness (QED) is 0.863. The van der Waals surface area contributed by atoms with Crippen molar-refractivity contribution in [3.05, 3.63) is 50.7 Å². The van der Waals surface area contributed by atoms with Crippen LogP contribution in [0.15, 0.2) is 30.3 Å². The number of hydrogen-bond acceptors (Lipinski definition) is 2. The third kappa shape index (κ3) is 2.68. The molecule has 0 atom stereocenters. The van der Waals surface area contributed by atoms with Gasteiger partial charge in [0.25, 0.3) is 5.91 Å². The zero-order valence-electron chi connectivity index (χ0n) is 9.58. The van der Waals surface area contributed by atoms with Crippen molar-refractivity contribution in [3.63, 3.8) is 0 Å². The second-order valence-electron chi connectivity index (χ2n) is 3.78. The highest BCUT2D eigenvalue weighted by Gasteiger charge is 2.10. The Morgan fingerprint density at radius 1 is 1.24 bits per heavy atom. The van der Waals surface area contributed by atoms with Crippen LogP contribution in [0.4, 0.5) is 5.69 Å². The van der Waals surface area contributed by atoms with E-state index in [2.05, 4.69) is 5.32 Å². The van der Waals surface area contributed by atoms with E-state index in [0.717, 1.165) is 16.1 Å². The molecule has 2 aromatic rings. The highest BCUT2D eigenvalue weighted by molar-refractivity contribution is 7.14. The number of nitrogens with one attached hydrogen (secondary N) is 1. The molecule has 0 aliphatic carbocycles. The fourth-order valence-electron chi connectivity index (χ4n) is 1.48. The molecular weight excluding hydrogens is 254 g/mol. The minimum absolute atomic E-state index is 0.0894. The summed E-state index contributed by atoms with van der Waals surface area (Å²) in [6.07, 6.45) is 0. The maximum atomic E-state index is 11.9. The average molecular weight is 266 g/mol. The van der Waals surface area contributed by atoms with Crippen molar-refractivity contribution >= 4 is 34.5 Å². The van der Waals surface area contributed by atoms with Crippen LogP contribution in [0, 0.1) is 13.8 Å². The van der Waals surface area contributed by atoms with Crippen molar-refractivity contribution in [2.24, 2.45) is 0 Å². The maximum absolute atomic E-state index is 11.9. The molecule has 0 saturated heterocycles. The Bertz CT molecular complexity index is 562. The molecule has 2 nitrogen and oxygen atoms in total. The first-order valence-electron chi connectivity index (χ1n) is 5.21. The fourth-order valence-corrected chi connectivity index (χ4v) is 2.42. The van der Waals surface area contributed by atoms with Crippen LogP contribution in [-0.4, -0.2) is 5.91 Å². The summed E-state index contributed by atoms with van der Waals surface area (Å²) in [6.45, 7) is 3.86. The predicted molar refractivity (Wildman–Crippen MR) is 73.2 cm³/mol. The number of rotatable bonds is 2. The highest BCUT2D eigenvalue weighted by Crippen LogP contribution is 2.24. The first-order chi connectivity index (χ1) is 8.08. The number of amides is 1. The van der Waals surface area contributed by atoms with Gasteiger partial charge in [0.15, 0.2) is 0 Å². The molecule has 0 aliphatic heterocycles. The highest BCUT2D eigenvalue weighted by atomic mass is 35.5. The Kier molecular flexibility index (Phi) is 3.50. The Hall–Kier alpha value is -1.32. The van der Waals surface area contributed by atoms with Gasteiger partial charge in [0.1, 0.15) is 0 Å². The third-order valence-electron chi connectivity index (χ3n) is 2.48. The summed E-state index contributed by atoms with van der Waals surface area (Å²) < 4.78 is 0.